The molecule has 0 radical (unpaired) electrons. The molecule has 1 atom stereocenters. The number of benzene rings is 1. The van der Waals surface area contributed by atoms with Crippen LogP contribution in [0.4, 0.5) is 5.69 Å². The Morgan fingerprint density at radius 3 is 2.61 bits per heavy atom. The largest absolute Gasteiger partial charge is 0.495 e. The number of nitrogens with zero attached hydrogens (tertiary/aromatic N) is 3. The Balaban J connectivity index is 2.12. The normalized spacial score (nSPS) is 12.0. The van der Waals surface area contributed by atoms with E-state index in [2.05, 4.69) is 29.4 Å². The van der Waals surface area contributed by atoms with Gasteiger partial charge in [0.2, 0.25) is 11.8 Å². The van der Waals surface area contributed by atoms with E-state index in [0.29, 0.717) is 41.3 Å². The number of hydrogen-bond acceptors (Lipinski definition) is 6. The summed E-state index contributed by atoms with van der Waals surface area (Å²) < 4.78 is 7.23. The molecule has 0 bridgehead atoms. The van der Waals surface area contributed by atoms with Gasteiger partial charge in [0.1, 0.15) is 11.6 Å². The zero-order valence-corrected chi connectivity index (χ0v) is 17.5. The lowest BCUT2D eigenvalue weighted by molar-refractivity contribution is -0.118. The number of hydrogen-bond donors (Lipinski definition) is 2. The first kappa shape index (κ1) is 21.7. The van der Waals surface area contributed by atoms with Crippen LogP contribution >= 0.6 is 11.8 Å². The van der Waals surface area contributed by atoms with Crippen LogP contribution in [-0.2, 0) is 22.6 Å². The highest BCUT2D eigenvalue weighted by Crippen LogP contribution is 2.27. The van der Waals surface area contributed by atoms with E-state index in [1.807, 2.05) is 23.6 Å². The van der Waals surface area contributed by atoms with Gasteiger partial charge in [-0.3, -0.25) is 9.59 Å². The lowest BCUT2D eigenvalue weighted by Gasteiger charge is -2.16. The Morgan fingerprint density at radius 2 is 1.96 bits per heavy atom. The summed E-state index contributed by atoms with van der Waals surface area (Å²) in [6.07, 6.45) is 0.641. The average Bonchev–Trinajstić information content (AvgIpc) is 3.01. The van der Waals surface area contributed by atoms with E-state index in [1.54, 1.807) is 19.2 Å². The van der Waals surface area contributed by atoms with Gasteiger partial charge in [-0.1, -0.05) is 37.7 Å². The first-order chi connectivity index (χ1) is 13.3. The Kier molecular flexibility index (Phi) is 7.86. The van der Waals surface area contributed by atoms with Crippen molar-refractivity contribution in [2.24, 2.45) is 11.7 Å². The molecule has 2 aromatic rings. The van der Waals surface area contributed by atoms with Crippen molar-refractivity contribution in [2.45, 2.75) is 50.6 Å². The van der Waals surface area contributed by atoms with Crippen LogP contribution in [0.25, 0.3) is 0 Å². The average molecular weight is 406 g/mol. The van der Waals surface area contributed by atoms with Crippen molar-refractivity contribution < 1.29 is 14.3 Å². The lowest BCUT2D eigenvalue weighted by Crippen LogP contribution is -2.23. The smallest absolute Gasteiger partial charge is 0.237 e. The highest BCUT2D eigenvalue weighted by molar-refractivity contribution is 8.00. The maximum atomic E-state index is 12.6. The fourth-order valence-corrected chi connectivity index (χ4v) is 3.45. The number of amides is 2. The summed E-state index contributed by atoms with van der Waals surface area (Å²) in [7, 11) is 1.56. The molecule has 0 saturated heterocycles. The van der Waals surface area contributed by atoms with Gasteiger partial charge in [0.05, 0.1) is 18.0 Å². The topological polar surface area (TPSA) is 112 Å². The molecule has 0 fully saturated rings. The van der Waals surface area contributed by atoms with E-state index in [9.17, 15) is 9.59 Å². The number of carbonyl (C=O) groups excluding carboxylic acids is 2. The van der Waals surface area contributed by atoms with Crippen molar-refractivity contribution in [3.05, 3.63) is 30.1 Å². The van der Waals surface area contributed by atoms with Gasteiger partial charge in [-0.2, -0.15) is 0 Å². The van der Waals surface area contributed by atoms with Gasteiger partial charge in [-0.15, -0.1) is 10.2 Å². The van der Waals surface area contributed by atoms with Crippen molar-refractivity contribution in [3.63, 3.8) is 0 Å². The van der Waals surface area contributed by atoms with E-state index >= 15 is 0 Å². The van der Waals surface area contributed by atoms with Gasteiger partial charge < -0.3 is 20.4 Å². The number of thioether (sulfide) groups is 1. The Hall–Kier alpha value is -2.55. The molecule has 152 valence electrons. The van der Waals surface area contributed by atoms with Crippen LogP contribution in [0.5, 0.6) is 5.75 Å². The van der Waals surface area contributed by atoms with Crippen molar-refractivity contribution in [2.75, 3.05) is 12.4 Å². The predicted molar refractivity (Wildman–Crippen MR) is 109 cm³/mol. The fourth-order valence-electron chi connectivity index (χ4n) is 2.57. The molecule has 0 saturated carbocycles. The Labute approximate surface area is 169 Å². The number of methoxy groups -OCH3 is 1. The predicted octanol–water partition coefficient (Wildman–Crippen LogP) is 2.48. The molecule has 0 aliphatic carbocycles. The van der Waals surface area contributed by atoms with Crippen LogP contribution in [0.2, 0.25) is 0 Å². The Morgan fingerprint density at radius 1 is 1.25 bits per heavy atom. The maximum Gasteiger partial charge on any atom is 0.237 e. The second kappa shape index (κ2) is 10.1. The van der Waals surface area contributed by atoms with Gasteiger partial charge in [-0.05, 0) is 25.0 Å². The van der Waals surface area contributed by atoms with Crippen molar-refractivity contribution in [1.82, 2.24) is 14.8 Å². The zero-order valence-electron chi connectivity index (χ0n) is 16.6. The number of ether oxygens (including phenoxy) is 1. The number of para-hydroxylation sites is 2. The zero-order chi connectivity index (χ0) is 20.7. The number of carbonyl (C=O) groups is 2. The molecule has 0 unspecified atom stereocenters. The third kappa shape index (κ3) is 5.98. The van der Waals surface area contributed by atoms with Gasteiger partial charge in [-0.25, -0.2) is 0 Å². The minimum atomic E-state index is -0.399. The summed E-state index contributed by atoms with van der Waals surface area (Å²) in [5.41, 5.74) is 5.87. The molecule has 8 nitrogen and oxygen atoms in total. The number of primary amides is 1. The molecule has 2 rings (SSSR count). The summed E-state index contributed by atoms with van der Waals surface area (Å²) >= 11 is 1.33. The SMILES string of the molecule is COc1ccccc1NC(=O)[C@H](C)Sc1nnc(CCC(N)=O)n1CC(C)C. The summed E-state index contributed by atoms with van der Waals surface area (Å²) in [5.74, 6) is 1.13. The van der Waals surface area contributed by atoms with Gasteiger partial charge in [0.25, 0.3) is 0 Å². The highest BCUT2D eigenvalue weighted by atomic mass is 32.2. The van der Waals surface area contributed by atoms with Crippen LogP contribution < -0.4 is 15.8 Å². The maximum absolute atomic E-state index is 12.6. The summed E-state index contributed by atoms with van der Waals surface area (Å²) in [4.78, 5) is 23.7. The molecule has 28 heavy (non-hydrogen) atoms. The van der Waals surface area contributed by atoms with Gasteiger partial charge >= 0.3 is 0 Å². The fraction of sp³-hybridized carbons (Fsp3) is 0.474. The lowest BCUT2D eigenvalue weighted by atomic mass is 10.2. The molecule has 1 aromatic heterocycles. The van der Waals surface area contributed by atoms with Crippen LogP contribution in [0.15, 0.2) is 29.4 Å². The van der Waals surface area contributed by atoms with Crippen LogP contribution in [0, 0.1) is 5.92 Å². The molecular formula is C19H27N5O3S. The van der Waals surface area contributed by atoms with E-state index in [4.69, 9.17) is 10.5 Å². The minimum absolute atomic E-state index is 0.160. The van der Waals surface area contributed by atoms with Gasteiger partial charge in [0.15, 0.2) is 5.16 Å². The standard InChI is InChI=1S/C19H27N5O3S/c1-12(2)11-24-17(10-9-16(20)25)22-23-19(24)28-13(3)18(26)21-14-7-5-6-8-15(14)27-4/h5-8,12-13H,9-11H2,1-4H3,(H2,20,25)(H,21,26)/t13-/m0/s1. The van der Waals surface area contributed by atoms with Crippen molar-refractivity contribution >= 4 is 29.3 Å². The van der Waals surface area contributed by atoms with Crippen LogP contribution in [0.1, 0.15) is 33.0 Å². The van der Waals surface area contributed by atoms with E-state index in [-0.39, 0.29) is 18.2 Å². The number of nitrogens with one attached hydrogen (secondary N) is 1. The van der Waals surface area contributed by atoms with E-state index in [0.717, 1.165) is 0 Å². The molecule has 0 spiro atoms. The highest BCUT2D eigenvalue weighted by Gasteiger charge is 2.21. The van der Waals surface area contributed by atoms with E-state index < -0.39 is 5.25 Å². The van der Waals surface area contributed by atoms with Crippen molar-refractivity contribution in [1.29, 1.82) is 0 Å². The van der Waals surface area contributed by atoms with E-state index in [1.165, 1.54) is 11.8 Å². The number of rotatable bonds is 10. The number of aromatic nitrogens is 3. The Bertz CT molecular complexity index is 822. The molecule has 9 heteroatoms. The monoisotopic (exact) mass is 405 g/mol. The number of anilines is 1. The quantitative estimate of drug-likeness (QED) is 0.587. The number of aryl methyl sites for hydroxylation is 1. The summed E-state index contributed by atoms with van der Waals surface area (Å²) in [5, 5.41) is 11.6. The molecule has 3 N–H and O–H groups in total. The number of nitrogens with two attached hydrogens (primary N) is 1. The second-order valence-electron chi connectivity index (χ2n) is 6.82. The molecule has 0 aliphatic rings. The third-order valence-corrected chi connectivity index (χ3v) is 5.03. The van der Waals surface area contributed by atoms with Crippen LogP contribution in [0.3, 0.4) is 0 Å². The molecule has 1 heterocycles. The summed E-state index contributed by atoms with van der Waals surface area (Å²) in [6.45, 7) is 6.69. The molecule has 1 aromatic carbocycles. The third-order valence-electron chi connectivity index (χ3n) is 3.95. The van der Waals surface area contributed by atoms with Crippen molar-refractivity contribution in [3.8, 4) is 5.75 Å². The molecule has 0 aliphatic heterocycles. The van der Waals surface area contributed by atoms with Crippen LogP contribution in [-0.4, -0.2) is 38.9 Å². The minimum Gasteiger partial charge on any atom is -0.495 e. The molecule has 2 amide bonds. The summed E-state index contributed by atoms with van der Waals surface area (Å²) in [6, 6.07) is 7.25. The first-order valence-electron chi connectivity index (χ1n) is 9.12. The second-order valence-corrected chi connectivity index (χ2v) is 8.13. The van der Waals surface area contributed by atoms with Gasteiger partial charge in [0, 0.05) is 19.4 Å². The molecular weight excluding hydrogens is 378 g/mol. The first-order valence-corrected chi connectivity index (χ1v) is 10.0.